The molecule has 7 nitrogen and oxygen atoms in total. The Labute approximate surface area is 154 Å². The van der Waals surface area contributed by atoms with Crippen molar-refractivity contribution in [3.05, 3.63) is 18.0 Å². The first kappa shape index (κ1) is 17.7. The second kappa shape index (κ2) is 7.48. The number of carbonyl (C=O) groups excluding carboxylic acids is 1. The summed E-state index contributed by atoms with van der Waals surface area (Å²) in [6.07, 6.45) is 8.18. The lowest BCUT2D eigenvalue weighted by Crippen LogP contribution is -2.68. The number of ether oxygens (including phenoxy) is 3. The van der Waals surface area contributed by atoms with Crippen molar-refractivity contribution in [3.8, 4) is 6.01 Å². The van der Waals surface area contributed by atoms with E-state index in [0.717, 1.165) is 31.4 Å². The van der Waals surface area contributed by atoms with Gasteiger partial charge >= 0.3 is 6.01 Å². The second-order valence-corrected chi connectivity index (χ2v) is 7.71. The van der Waals surface area contributed by atoms with Crippen LogP contribution in [0.1, 0.15) is 44.2 Å². The average molecular weight is 361 g/mol. The van der Waals surface area contributed by atoms with Crippen LogP contribution in [-0.4, -0.2) is 64.9 Å². The van der Waals surface area contributed by atoms with Gasteiger partial charge in [0.05, 0.1) is 25.8 Å². The normalized spacial score (nSPS) is 25.3. The Hall–Kier alpha value is -1.73. The molecule has 3 aliphatic rings. The topological polar surface area (TPSA) is 73.8 Å². The molecule has 3 fully saturated rings. The summed E-state index contributed by atoms with van der Waals surface area (Å²) < 4.78 is 17.7. The molecule has 3 heterocycles. The lowest BCUT2D eigenvalue weighted by molar-refractivity contribution is -0.196. The van der Waals surface area contributed by atoms with Gasteiger partial charge in [0, 0.05) is 24.7 Å². The van der Waals surface area contributed by atoms with E-state index in [9.17, 15) is 4.79 Å². The molecular weight excluding hydrogens is 334 g/mol. The van der Waals surface area contributed by atoms with E-state index in [2.05, 4.69) is 9.97 Å². The molecule has 1 spiro atoms. The van der Waals surface area contributed by atoms with Crippen LogP contribution in [0, 0.1) is 6.92 Å². The van der Waals surface area contributed by atoms with Gasteiger partial charge < -0.3 is 19.1 Å². The number of likely N-dealkylation sites (tertiary alicyclic amines) is 1. The molecule has 0 N–H and O–H groups in total. The molecule has 1 atom stereocenters. The summed E-state index contributed by atoms with van der Waals surface area (Å²) >= 11 is 0. The molecule has 1 amide bonds. The van der Waals surface area contributed by atoms with Gasteiger partial charge in [0.1, 0.15) is 18.3 Å². The third kappa shape index (κ3) is 3.99. The predicted molar refractivity (Wildman–Crippen MR) is 93.9 cm³/mol. The fourth-order valence-electron chi connectivity index (χ4n) is 4.10. The minimum Gasteiger partial charge on any atom is -0.460 e. The number of aryl methyl sites for hydroxylation is 1. The van der Waals surface area contributed by atoms with E-state index < -0.39 is 0 Å². The van der Waals surface area contributed by atoms with E-state index in [1.54, 1.807) is 6.20 Å². The predicted octanol–water partition coefficient (Wildman–Crippen LogP) is 1.88. The molecule has 1 unspecified atom stereocenters. The highest BCUT2D eigenvalue weighted by atomic mass is 16.5. The van der Waals surface area contributed by atoms with Gasteiger partial charge in [0.15, 0.2) is 0 Å². The Bertz CT molecular complexity index is 641. The summed E-state index contributed by atoms with van der Waals surface area (Å²) in [5, 5.41) is 0. The van der Waals surface area contributed by atoms with Gasteiger partial charge in [-0.3, -0.25) is 4.79 Å². The third-order valence-electron chi connectivity index (χ3n) is 5.55. The van der Waals surface area contributed by atoms with Crippen molar-refractivity contribution in [1.82, 2.24) is 14.9 Å². The third-order valence-corrected chi connectivity index (χ3v) is 5.55. The number of carbonyl (C=O) groups is 1. The standard InChI is InChI=1S/C19H27N3O4/c1-14-6-8-20-18(21-14)26-16-7-9-25-19(10-16)12-22(13-19)17(23)11-24-15-4-2-3-5-15/h6,8,15-16H,2-5,7,9-13H2,1H3. The number of nitrogens with zero attached hydrogens (tertiary/aromatic N) is 3. The molecule has 4 rings (SSSR count). The van der Waals surface area contributed by atoms with Crippen LogP contribution in [0.25, 0.3) is 0 Å². The maximum atomic E-state index is 12.3. The molecular formula is C19H27N3O4. The minimum atomic E-state index is -0.282. The lowest BCUT2D eigenvalue weighted by atomic mass is 9.84. The zero-order valence-electron chi connectivity index (χ0n) is 15.4. The lowest BCUT2D eigenvalue weighted by Gasteiger charge is -2.52. The van der Waals surface area contributed by atoms with Crippen molar-refractivity contribution in [3.63, 3.8) is 0 Å². The molecule has 142 valence electrons. The Kier molecular flexibility index (Phi) is 5.09. The molecule has 1 saturated carbocycles. The number of amides is 1. The van der Waals surface area contributed by atoms with Gasteiger partial charge in [-0.25, -0.2) is 9.97 Å². The Morgan fingerprint density at radius 1 is 1.31 bits per heavy atom. The van der Waals surface area contributed by atoms with Gasteiger partial charge in [0.25, 0.3) is 0 Å². The van der Waals surface area contributed by atoms with Crippen LogP contribution in [0.5, 0.6) is 6.01 Å². The molecule has 26 heavy (non-hydrogen) atoms. The fraction of sp³-hybridized carbons (Fsp3) is 0.737. The maximum Gasteiger partial charge on any atom is 0.316 e. The first-order valence-electron chi connectivity index (χ1n) is 9.62. The van der Waals surface area contributed by atoms with E-state index in [0.29, 0.717) is 25.7 Å². The smallest absolute Gasteiger partial charge is 0.316 e. The highest BCUT2D eigenvalue weighted by molar-refractivity contribution is 5.78. The largest absolute Gasteiger partial charge is 0.460 e. The summed E-state index contributed by atoms with van der Waals surface area (Å²) in [7, 11) is 0. The van der Waals surface area contributed by atoms with Gasteiger partial charge in [-0.05, 0) is 25.8 Å². The summed E-state index contributed by atoms with van der Waals surface area (Å²) in [5.41, 5.74) is 0.606. The fourth-order valence-corrected chi connectivity index (χ4v) is 4.10. The van der Waals surface area contributed by atoms with Crippen molar-refractivity contribution in [2.45, 2.75) is 63.3 Å². The number of hydrogen-bond donors (Lipinski definition) is 0. The SMILES string of the molecule is Cc1ccnc(OC2CCOC3(C2)CN(C(=O)COC2CCCC2)C3)n1. The molecule has 1 aliphatic carbocycles. The highest BCUT2D eigenvalue weighted by Crippen LogP contribution is 2.35. The second-order valence-electron chi connectivity index (χ2n) is 7.71. The molecule has 2 aliphatic heterocycles. The van der Waals surface area contributed by atoms with E-state index in [1.165, 1.54) is 12.8 Å². The van der Waals surface area contributed by atoms with Crippen LogP contribution >= 0.6 is 0 Å². The zero-order chi connectivity index (χ0) is 18.0. The summed E-state index contributed by atoms with van der Waals surface area (Å²) in [6.45, 7) is 3.99. The number of rotatable bonds is 5. The van der Waals surface area contributed by atoms with Crippen molar-refractivity contribution < 1.29 is 19.0 Å². The van der Waals surface area contributed by atoms with Crippen LogP contribution in [0.3, 0.4) is 0 Å². The van der Waals surface area contributed by atoms with E-state index in [-0.39, 0.29) is 30.3 Å². The van der Waals surface area contributed by atoms with Crippen LogP contribution < -0.4 is 4.74 Å². The summed E-state index contributed by atoms with van der Waals surface area (Å²) in [6, 6.07) is 2.27. The molecule has 1 aromatic rings. The minimum absolute atomic E-state index is 0.0255. The Morgan fingerprint density at radius 2 is 2.12 bits per heavy atom. The average Bonchev–Trinajstić information content (AvgIpc) is 3.11. The van der Waals surface area contributed by atoms with Crippen LogP contribution in [0.15, 0.2) is 12.3 Å². The zero-order valence-corrected chi connectivity index (χ0v) is 15.4. The molecule has 7 heteroatoms. The van der Waals surface area contributed by atoms with Crippen LogP contribution in [-0.2, 0) is 14.3 Å². The van der Waals surface area contributed by atoms with Gasteiger partial charge in [-0.1, -0.05) is 12.8 Å². The first-order chi connectivity index (χ1) is 12.6. The van der Waals surface area contributed by atoms with Crippen molar-refractivity contribution in [2.75, 3.05) is 26.3 Å². The first-order valence-corrected chi connectivity index (χ1v) is 9.62. The molecule has 2 saturated heterocycles. The van der Waals surface area contributed by atoms with Gasteiger partial charge in [-0.2, -0.15) is 0 Å². The van der Waals surface area contributed by atoms with Gasteiger partial charge in [-0.15, -0.1) is 0 Å². The van der Waals surface area contributed by atoms with Gasteiger partial charge in [0.2, 0.25) is 5.91 Å². The monoisotopic (exact) mass is 361 g/mol. The molecule has 0 radical (unpaired) electrons. The number of aromatic nitrogens is 2. The van der Waals surface area contributed by atoms with Crippen molar-refractivity contribution in [1.29, 1.82) is 0 Å². The Morgan fingerprint density at radius 3 is 2.88 bits per heavy atom. The molecule has 0 aromatic carbocycles. The molecule has 1 aromatic heterocycles. The van der Waals surface area contributed by atoms with Crippen molar-refractivity contribution >= 4 is 5.91 Å². The van der Waals surface area contributed by atoms with Crippen molar-refractivity contribution in [2.24, 2.45) is 0 Å². The summed E-state index contributed by atoms with van der Waals surface area (Å²) in [5.74, 6) is 0.0659. The maximum absolute atomic E-state index is 12.3. The molecule has 0 bridgehead atoms. The van der Waals surface area contributed by atoms with E-state index >= 15 is 0 Å². The summed E-state index contributed by atoms with van der Waals surface area (Å²) in [4.78, 5) is 22.6. The van der Waals surface area contributed by atoms with E-state index in [4.69, 9.17) is 14.2 Å². The highest BCUT2D eigenvalue weighted by Gasteiger charge is 2.50. The Balaban J connectivity index is 1.25. The van der Waals surface area contributed by atoms with E-state index in [1.807, 2.05) is 17.9 Å². The number of hydrogen-bond acceptors (Lipinski definition) is 6. The van der Waals surface area contributed by atoms with Crippen LogP contribution in [0.4, 0.5) is 0 Å². The quantitative estimate of drug-likeness (QED) is 0.797. The van der Waals surface area contributed by atoms with Crippen LogP contribution in [0.2, 0.25) is 0 Å².